The first-order valence-electron chi connectivity index (χ1n) is 12.0. The van der Waals surface area contributed by atoms with Crippen molar-refractivity contribution in [1.29, 1.82) is 0 Å². The van der Waals surface area contributed by atoms with Crippen LogP contribution in [0.4, 0.5) is 11.8 Å². The van der Waals surface area contributed by atoms with Gasteiger partial charge in [-0.1, -0.05) is 20.4 Å². The van der Waals surface area contributed by atoms with Crippen LogP contribution in [0, 0.1) is 11.3 Å². The minimum Gasteiger partial charge on any atom is -0.488 e. The number of nitrogens with zero attached hydrogens (tertiary/aromatic N) is 4. The molecule has 0 aromatic carbocycles. The normalized spacial score (nSPS) is 19.5. The fourth-order valence-corrected chi connectivity index (χ4v) is 5.15. The van der Waals surface area contributed by atoms with E-state index in [1.54, 1.807) is 7.05 Å². The molecule has 1 aromatic heterocycles. The van der Waals surface area contributed by atoms with E-state index in [2.05, 4.69) is 36.0 Å². The summed E-state index contributed by atoms with van der Waals surface area (Å²) in [5.41, 5.74) is 1.04. The molecular weight excluding hydrogens is 420 g/mol. The lowest BCUT2D eigenvalue weighted by Crippen LogP contribution is -2.59. The molecule has 9 nitrogen and oxygen atoms in total. The number of amides is 2. The maximum atomic E-state index is 12.1. The molecule has 9 heteroatoms. The highest BCUT2D eigenvalue weighted by Crippen LogP contribution is 2.42. The molecular formula is C24H36N6O3. The maximum absolute atomic E-state index is 12.1. The van der Waals surface area contributed by atoms with Crippen LogP contribution in [0.1, 0.15) is 45.2 Å². The van der Waals surface area contributed by atoms with Gasteiger partial charge in [-0.25, -0.2) is 4.98 Å². The number of hydrogen-bond donors (Lipinski definition) is 2. The van der Waals surface area contributed by atoms with E-state index in [0.29, 0.717) is 30.7 Å². The van der Waals surface area contributed by atoms with Crippen LogP contribution >= 0.6 is 0 Å². The lowest BCUT2D eigenvalue weighted by molar-refractivity contribution is -0.136. The quantitative estimate of drug-likeness (QED) is 0.577. The predicted octanol–water partition coefficient (Wildman–Crippen LogP) is 1.99. The van der Waals surface area contributed by atoms with Crippen LogP contribution in [-0.4, -0.2) is 72.6 Å². The average Bonchev–Trinajstić information content (AvgIpc) is 3.23. The molecule has 4 heterocycles. The summed E-state index contributed by atoms with van der Waals surface area (Å²) in [4.78, 5) is 37.8. The van der Waals surface area contributed by atoms with E-state index in [4.69, 9.17) is 14.7 Å². The Kier molecular flexibility index (Phi) is 6.76. The van der Waals surface area contributed by atoms with Crippen LogP contribution in [0.15, 0.2) is 12.7 Å². The highest BCUT2D eigenvalue weighted by atomic mass is 16.5. The van der Waals surface area contributed by atoms with Gasteiger partial charge in [0.2, 0.25) is 17.8 Å². The molecule has 2 saturated heterocycles. The Labute approximate surface area is 196 Å². The van der Waals surface area contributed by atoms with Crippen molar-refractivity contribution in [3.63, 3.8) is 0 Å². The molecule has 33 heavy (non-hydrogen) atoms. The monoisotopic (exact) mass is 456 g/mol. The van der Waals surface area contributed by atoms with Gasteiger partial charge in [0.1, 0.15) is 0 Å². The number of ether oxygens (including phenoxy) is 1. The Morgan fingerprint density at radius 2 is 2.06 bits per heavy atom. The van der Waals surface area contributed by atoms with Gasteiger partial charge in [0, 0.05) is 51.1 Å². The molecule has 2 fully saturated rings. The van der Waals surface area contributed by atoms with Crippen molar-refractivity contribution in [2.75, 3.05) is 50.1 Å². The number of aromatic nitrogens is 2. The Bertz CT molecular complexity index is 912. The van der Waals surface area contributed by atoms with E-state index >= 15 is 0 Å². The van der Waals surface area contributed by atoms with Gasteiger partial charge in [0.05, 0.1) is 12.3 Å². The van der Waals surface area contributed by atoms with Crippen LogP contribution in [0.25, 0.3) is 0 Å². The van der Waals surface area contributed by atoms with Gasteiger partial charge in [0.15, 0.2) is 11.6 Å². The van der Waals surface area contributed by atoms with Crippen LogP contribution in [0.3, 0.4) is 0 Å². The standard InChI is InChI=1S/C24H36N6O3/c1-5-20(32)30-14-24(15-30)8-9-29(13-24)23-27-18-7-6-10-33-21(18)22(28-23)26-17(11-16(2)3)12-19(31)25-4/h5,16-17H,1,6-15H2,2-4H3,(H,25,31)(H,26,27,28)/t17-/m0/s1. The number of rotatable bonds is 8. The van der Waals surface area contributed by atoms with Crippen LogP contribution in [-0.2, 0) is 16.0 Å². The number of aryl methyl sites for hydroxylation is 1. The largest absolute Gasteiger partial charge is 0.488 e. The fourth-order valence-electron chi connectivity index (χ4n) is 5.15. The molecule has 0 aliphatic carbocycles. The van der Waals surface area contributed by atoms with Gasteiger partial charge >= 0.3 is 0 Å². The summed E-state index contributed by atoms with van der Waals surface area (Å²) < 4.78 is 5.98. The maximum Gasteiger partial charge on any atom is 0.245 e. The second-order valence-electron chi connectivity index (χ2n) is 10.0. The first-order valence-corrected chi connectivity index (χ1v) is 12.0. The highest BCUT2D eigenvalue weighted by molar-refractivity contribution is 5.87. The number of nitrogens with one attached hydrogen (secondary N) is 2. The summed E-state index contributed by atoms with van der Waals surface area (Å²) in [6.45, 7) is 11.8. The van der Waals surface area contributed by atoms with Crippen molar-refractivity contribution in [3.8, 4) is 5.75 Å². The van der Waals surface area contributed by atoms with E-state index < -0.39 is 0 Å². The number of hydrogen-bond acceptors (Lipinski definition) is 7. The Hall–Kier alpha value is -2.84. The number of likely N-dealkylation sites (tertiary alicyclic amines) is 1. The zero-order chi connectivity index (χ0) is 23.6. The third-order valence-corrected chi connectivity index (χ3v) is 6.80. The SMILES string of the molecule is C=CC(=O)N1CC2(CCN(c3nc4c(c(N[C@H](CC(=O)NC)CC(C)C)n3)OCCC4)C2)C1. The van der Waals surface area contributed by atoms with Gasteiger partial charge in [0.25, 0.3) is 0 Å². The first kappa shape index (κ1) is 23.3. The molecule has 1 aromatic rings. The van der Waals surface area contributed by atoms with Gasteiger partial charge < -0.3 is 25.2 Å². The minimum absolute atomic E-state index is 0.0000475. The molecule has 1 atom stereocenters. The van der Waals surface area contributed by atoms with Gasteiger partial charge in [-0.3, -0.25) is 9.59 Å². The lowest BCUT2D eigenvalue weighted by atomic mass is 9.79. The van der Waals surface area contributed by atoms with Crippen molar-refractivity contribution in [1.82, 2.24) is 20.2 Å². The Morgan fingerprint density at radius 3 is 2.76 bits per heavy atom. The predicted molar refractivity (Wildman–Crippen MR) is 127 cm³/mol. The van der Waals surface area contributed by atoms with Crippen molar-refractivity contribution in [3.05, 3.63) is 18.3 Å². The molecule has 180 valence electrons. The second kappa shape index (κ2) is 9.57. The number of carbonyl (C=O) groups is 2. The smallest absolute Gasteiger partial charge is 0.245 e. The molecule has 0 saturated carbocycles. The zero-order valence-electron chi connectivity index (χ0n) is 20.0. The van der Waals surface area contributed by atoms with E-state index in [9.17, 15) is 9.59 Å². The summed E-state index contributed by atoms with van der Waals surface area (Å²) in [6, 6.07) is -0.0441. The van der Waals surface area contributed by atoms with Crippen LogP contribution in [0.5, 0.6) is 5.75 Å². The van der Waals surface area contributed by atoms with Gasteiger partial charge in [-0.2, -0.15) is 4.98 Å². The van der Waals surface area contributed by atoms with E-state index in [1.807, 2.05) is 4.90 Å². The lowest BCUT2D eigenvalue weighted by Gasteiger charge is -2.47. The summed E-state index contributed by atoms with van der Waals surface area (Å²) in [6.07, 6.45) is 5.41. The molecule has 4 rings (SSSR count). The third kappa shape index (κ3) is 5.07. The van der Waals surface area contributed by atoms with Crippen molar-refractivity contribution >= 4 is 23.6 Å². The molecule has 2 amide bonds. The van der Waals surface area contributed by atoms with E-state index in [0.717, 1.165) is 63.3 Å². The molecule has 3 aliphatic rings. The average molecular weight is 457 g/mol. The number of carbonyl (C=O) groups excluding carboxylic acids is 2. The molecule has 1 spiro atoms. The summed E-state index contributed by atoms with van der Waals surface area (Å²) in [5.74, 6) is 2.54. The topological polar surface area (TPSA) is 99.7 Å². The number of fused-ring (bicyclic) bond motifs is 1. The zero-order valence-corrected chi connectivity index (χ0v) is 20.0. The highest BCUT2D eigenvalue weighted by Gasteiger charge is 2.49. The molecule has 3 aliphatic heterocycles. The van der Waals surface area contributed by atoms with Crippen LogP contribution < -0.4 is 20.3 Å². The van der Waals surface area contributed by atoms with Crippen molar-refractivity contribution < 1.29 is 14.3 Å². The Morgan fingerprint density at radius 1 is 1.27 bits per heavy atom. The van der Waals surface area contributed by atoms with Crippen molar-refractivity contribution in [2.24, 2.45) is 11.3 Å². The first-order chi connectivity index (χ1) is 15.8. The minimum atomic E-state index is -0.0441. The second-order valence-corrected chi connectivity index (χ2v) is 10.0. The molecule has 0 bridgehead atoms. The summed E-state index contributed by atoms with van der Waals surface area (Å²) in [7, 11) is 1.66. The molecule has 2 N–H and O–H groups in total. The fraction of sp³-hybridized carbons (Fsp3) is 0.667. The van der Waals surface area contributed by atoms with E-state index in [1.165, 1.54) is 6.08 Å². The third-order valence-electron chi connectivity index (χ3n) is 6.80. The van der Waals surface area contributed by atoms with E-state index in [-0.39, 0.29) is 23.3 Å². The summed E-state index contributed by atoms with van der Waals surface area (Å²) >= 11 is 0. The molecule has 0 radical (unpaired) electrons. The van der Waals surface area contributed by atoms with Gasteiger partial charge in [-0.05, 0) is 37.7 Å². The van der Waals surface area contributed by atoms with Crippen LogP contribution in [0.2, 0.25) is 0 Å². The Balaban J connectivity index is 1.54. The summed E-state index contributed by atoms with van der Waals surface area (Å²) in [5, 5.41) is 6.24. The number of anilines is 2. The van der Waals surface area contributed by atoms with Gasteiger partial charge in [-0.15, -0.1) is 0 Å². The van der Waals surface area contributed by atoms with Crippen molar-refractivity contribution in [2.45, 2.75) is 52.0 Å². The molecule has 0 unspecified atom stereocenters.